The van der Waals surface area contributed by atoms with Crippen LogP contribution < -0.4 is 4.74 Å². The minimum absolute atomic E-state index is 0.254. The van der Waals surface area contributed by atoms with Gasteiger partial charge in [-0.2, -0.15) is 0 Å². The molecule has 1 N–H and O–H groups in total. The van der Waals surface area contributed by atoms with E-state index in [4.69, 9.17) is 4.74 Å². The lowest BCUT2D eigenvalue weighted by molar-refractivity contribution is -0.0543. The second-order valence-corrected chi connectivity index (χ2v) is 6.63. The molecule has 1 saturated carbocycles. The highest BCUT2D eigenvalue weighted by atomic mass is 16.5. The first kappa shape index (κ1) is 16.9. The predicted molar refractivity (Wildman–Crippen MR) is 86.2 cm³/mol. The third-order valence-electron chi connectivity index (χ3n) is 5.01. The van der Waals surface area contributed by atoms with Crippen LogP contribution in [-0.4, -0.2) is 28.6 Å². The number of ether oxygens (including phenoxy) is 1. The Labute approximate surface area is 132 Å². The zero-order valence-electron chi connectivity index (χ0n) is 13.8. The van der Waals surface area contributed by atoms with Crippen molar-refractivity contribution in [2.45, 2.75) is 58.5 Å². The maximum Gasteiger partial charge on any atom is 0.172 e. The van der Waals surface area contributed by atoms with Crippen molar-refractivity contribution >= 4 is 6.29 Å². The first-order valence-electron chi connectivity index (χ1n) is 8.26. The van der Waals surface area contributed by atoms with Crippen LogP contribution >= 0.6 is 0 Å². The Morgan fingerprint density at radius 1 is 1.41 bits per heavy atom. The number of aldehydes is 1. The molecule has 1 aliphatic rings. The zero-order valence-corrected chi connectivity index (χ0v) is 13.8. The number of carbonyl (C=O) groups excluding carboxylic acids is 1. The van der Waals surface area contributed by atoms with Gasteiger partial charge in [0, 0.05) is 5.69 Å². The highest BCUT2D eigenvalue weighted by Crippen LogP contribution is 2.39. The molecule has 1 fully saturated rings. The van der Waals surface area contributed by atoms with Crippen LogP contribution in [0, 0.1) is 18.8 Å². The number of aliphatic hydroxyl groups is 1. The lowest BCUT2D eigenvalue weighted by atomic mass is 9.70. The summed E-state index contributed by atoms with van der Waals surface area (Å²) in [5, 5.41) is 10.6. The molecule has 1 aromatic heterocycles. The summed E-state index contributed by atoms with van der Waals surface area (Å²) in [4.78, 5) is 15.3. The van der Waals surface area contributed by atoms with E-state index in [-0.39, 0.29) is 5.92 Å². The zero-order chi connectivity index (χ0) is 16.2. The molecule has 0 saturated heterocycles. The Hall–Kier alpha value is -1.42. The van der Waals surface area contributed by atoms with E-state index in [9.17, 15) is 9.90 Å². The molecule has 4 heteroatoms. The van der Waals surface area contributed by atoms with Crippen LogP contribution in [0.15, 0.2) is 12.1 Å². The first-order chi connectivity index (χ1) is 10.5. The van der Waals surface area contributed by atoms with Crippen LogP contribution in [0.4, 0.5) is 0 Å². The maximum atomic E-state index is 11.1. The van der Waals surface area contributed by atoms with Crippen LogP contribution in [0.25, 0.3) is 0 Å². The van der Waals surface area contributed by atoms with Crippen molar-refractivity contribution in [3.63, 3.8) is 0 Å². The Morgan fingerprint density at radius 2 is 2.14 bits per heavy atom. The van der Waals surface area contributed by atoms with Gasteiger partial charge in [0.2, 0.25) is 0 Å². The molecule has 0 aromatic carbocycles. The van der Waals surface area contributed by atoms with Gasteiger partial charge in [0.15, 0.2) is 6.29 Å². The van der Waals surface area contributed by atoms with Gasteiger partial charge in [0.25, 0.3) is 0 Å². The second kappa shape index (κ2) is 7.23. The number of carbonyl (C=O) groups is 1. The van der Waals surface area contributed by atoms with Crippen molar-refractivity contribution in [2.24, 2.45) is 11.8 Å². The Bertz CT molecular complexity index is 513. The number of rotatable bonds is 6. The molecule has 1 aromatic rings. The molecular weight excluding hydrogens is 278 g/mol. The molecule has 0 aliphatic heterocycles. The van der Waals surface area contributed by atoms with E-state index in [2.05, 4.69) is 4.98 Å². The van der Waals surface area contributed by atoms with Gasteiger partial charge in [-0.05, 0) is 57.1 Å². The topological polar surface area (TPSA) is 59.4 Å². The molecule has 1 heterocycles. The summed E-state index contributed by atoms with van der Waals surface area (Å²) in [6.45, 7) is 6.35. The molecule has 1 aliphatic carbocycles. The average molecular weight is 305 g/mol. The molecular formula is C18H27NO3. The summed E-state index contributed by atoms with van der Waals surface area (Å²) >= 11 is 0. The van der Waals surface area contributed by atoms with Crippen molar-refractivity contribution in [1.29, 1.82) is 0 Å². The van der Waals surface area contributed by atoms with Crippen molar-refractivity contribution in [3.8, 4) is 5.75 Å². The number of hydrogen-bond donors (Lipinski definition) is 1. The summed E-state index contributed by atoms with van der Waals surface area (Å²) in [6, 6.07) is 3.66. The fourth-order valence-corrected chi connectivity index (χ4v) is 3.46. The molecule has 0 amide bonds. The normalized spacial score (nSPS) is 24.5. The SMILES string of the molecule is CCC(C)(O)C1CCCCC1COc1ccc(C)nc1C=O. The Balaban J connectivity index is 2.07. The Morgan fingerprint density at radius 3 is 2.82 bits per heavy atom. The fraction of sp³-hybridized carbons (Fsp3) is 0.667. The molecule has 0 spiro atoms. The molecule has 122 valence electrons. The first-order valence-corrected chi connectivity index (χ1v) is 8.26. The number of aromatic nitrogens is 1. The largest absolute Gasteiger partial charge is 0.491 e. The van der Waals surface area contributed by atoms with E-state index in [0.29, 0.717) is 24.0 Å². The number of hydrogen-bond acceptors (Lipinski definition) is 4. The number of nitrogens with zero attached hydrogens (tertiary/aromatic N) is 1. The summed E-state index contributed by atoms with van der Waals surface area (Å²) in [7, 11) is 0. The van der Waals surface area contributed by atoms with Crippen molar-refractivity contribution in [1.82, 2.24) is 4.98 Å². The van der Waals surface area contributed by atoms with E-state index >= 15 is 0 Å². The summed E-state index contributed by atoms with van der Waals surface area (Å²) < 4.78 is 5.89. The van der Waals surface area contributed by atoms with Crippen LogP contribution in [-0.2, 0) is 0 Å². The lowest BCUT2D eigenvalue weighted by Crippen LogP contribution is -2.42. The van der Waals surface area contributed by atoms with E-state index < -0.39 is 5.60 Å². The van der Waals surface area contributed by atoms with Crippen LogP contribution in [0.2, 0.25) is 0 Å². The standard InChI is InChI=1S/C18H27NO3/c1-4-18(3,21)15-8-6-5-7-14(15)12-22-17-10-9-13(2)19-16(17)11-20/h9-11,14-15,21H,4-8,12H2,1-3H3. The quantitative estimate of drug-likeness (QED) is 0.817. The van der Waals surface area contributed by atoms with Crippen molar-refractivity contribution < 1.29 is 14.6 Å². The van der Waals surface area contributed by atoms with Gasteiger partial charge in [0.05, 0.1) is 12.2 Å². The van der Waals surface area contributed by atoms with Gasteiger partial charge < -0.3 is 9.84 Å². The van der Waals surface area contributed by atoms with E-state index in [0.717, 1.165) is 31.2 Å². The van der Waals surface area contributed by atoms with Crippen LogP contribution in [0.5, 0.6) is 5.75 Å². The third-order valence-corrected chi connectivity index (χ3v) is 5.01. The van der Waals surface area contributed by atoms with Crippen LogP contribution in [0.1, 0.15) is 62.1 Å². The number of pyridine rings is 1. The third kappa shape index (κ3) is 3.86. The maximum absolute atomic E-state index is 11.1. The minimum atomic E-state index is -0.645. The summed E-state index contributed by atoms with van der Waals surface area (Å²) in [6.07, 6.45) is 5.95. The monoisotopic (exact) mass is 305 g/mol. The van der Waals surface area contributed by atoms with Crippen LogP contribution in [0.3, 0.4) is 0 Å². The summed E-state index contributed by atoms with van der Waals surface area (Å²) in [5.74, 6) is 1.12. The smallest absolute Gasteiger partial charge is 0.172 e. The predicted octanol–water partition coefficient (Wildman–Crippen LogP) is 3.55. The molecule has 0 bridgehead atoms. The fourth-order valence-electron chi connectivity index (χ4n) is 3.46. The van der Waals surface area contributed by atoms with Gasteiger partial charge >= 0.3 is 0 Å². The minimum Gasteiger partial charge on any atom is -0.491 e. The van der Waals surface area contributed by atoms with Gasteiger partial charge in [-0.15, -0.1) is 0 Å². The van der Waals surface area contributed by atoms with Crippen molar-refractivity contribution in [2.75, 3.05) is 6.61 Å². The average Bonchev–Trinajstić information content (AvgIpc) is 2.53. The number of aryl methyl sites for hydroxylation is 1. The van der Waals surface area contributed by atoms with E-state index in [1.807, 2.05) is 32.9 Å². The lowest BCUT2D eigenvalue weighted by Gasteiger charge is -2.40. The van der Waals surface area contributed by atoms with Gasteiger partial charge in [-0.1, -0.05) is 19.8 Å². The molecule has 2 rings (SSSR count). The van der Waals surface area contributed by atoms with Gasteiger partial charge in [0.1, 0.15) is 11.4 Å². The van der Waals surface area contributed by atoms with E-state index in [1.54, 1.807) is 0 Å². The second-order valence-electron chi connectivity index (χ2n) is 6.63. The van der Waals surface area contributed by atoms with E-state index in [1.165, 1.54) is 12.8 Å². The van der Waals surface area contributed by atoms with Gasteiger partial charge in [-0.25, -0.2) is 4.98 Å². The molecule has 4 nitrogen and oxygen atoms in total. The molecule has 3 atom stereocenters. The highest BCUT2D eigenvalue weighted by Gasteiger charge is 2.38. The Kier molecular flexibility index (Phi) is 5.57. The highest BCUT2D eigenvalue weighted by molar-refractivity contribution is 5.76. The molecule has 0 radical (unpaired) electrons. The molecule has 22 heavy (non-hydrogen) atoms. The summed E-state index contributed by atoms with van der Waals surface area (Å²) in [5.41, 5.74) is 0.515. The molecule has 3 unspecified atom stereocenters. The van der Waals surface area contributed by atoms with Gasteiger partial charge in [-0.3, -0.25) is 4.79 Å². The van der Waals surface area contributed by atoms with Crippen molar-refractivity contribution in [3.05, 3.63) is 23.5 Å².